The number of hydrogen-bond acceptors (Lipinski definition) is 2. The average molecular weight is 298 g/mol. The third-order valence-corrected chi connectivity index (χ3v) is 5.73. The van der Waals surface area contributed by atoms with Gasteiger partial charge in [-0.1, -0.05) is 31.2 Å². The fourth-order valence-electron chi connectivity index (χ4n) is 4.49. The molecule has 0 bridgehead atoms. The predicted octanol–water partition coefficient (Wildman–Crippen LogP) is 1.71. The van der Waals surface area contributed by atoms with E-state index < -0.39 is 0 Å². The van der Waals surface area contributed by atoms with E-state index in [1.165, 1.54) is 36.9 Å². The van der Waals surface area contributed by atoms with Gasteiger partial charge in [0.2, 0.25) is 0 Å². The Morgan fingerprint density at radius 1 is 1.41 bits per heavy atom. The molecule has 0 spiro atoms. The molecule has 4 rings (SSSR count). The average Bonchev–Trinajstić information content (AvgIpc) is 2.93. The van der Waals surface area contributed by atoms with Gasteiger partial charge >= 0.3 is 0 Å². The summed E-state index contributed by atoms with van der Waals surface area (Å²) in [5.74, 6) is 2.02. The van der Waals surface area contributed by atoms with Crippen LogP contribution in [0.3, 0.4) is 0 Å². The van der Waals surface area contributed by atoms with Gasteiger partial charge < -0.3 is 11.1 Å². The number of rotatable bonds is 4. The minimum atomic E-state index is 0.504. The van der Waals surface area contributed by atoms with Crippen LogP contribution >= 0.6 is 0 Å². The number of hydrogen-bond donors (Lipinski definition) is 2. The topological polar surface area (TPSA) is 53.6 Å². The van der Waals surface area contributed by atoms with Crippen LogP contribution in [0.1, 0.15) is 36.8 Å². The summed E-state index contributed by atoms with van der Waals surface area (Å²) in [4.78, 5) is 7.12. The molecule has 4 unspecified atom stereocenters. The summed E-state index contributed by atoms with van der Waals surface area (Å²) >= 11 is 0. The van der Waals surface area contributed by atoms with Crippen molar-refractivity contribution in [3.8, 4) is 0 Å². The van der Waals surface area contributed by atoms with Gasteiger partial charge in [-0.2, -0.15) is 0 Å². The summed E-state index contributed by atoms with van der Waals surface area (Å²) in [5, 5.41) is 3.46. The van der Waals surface area contributed by atoms with Crippen molar-refractivity contribution in [2.24, 2.45) is 16.6 Å². The zero-order chi connectivity index (χ0) is 15.1. The van der Waals surface area contributed by atoms with Crippen LogP contribution in [0.15, 0.2) is 29.3 Å². The number of benzene rings is 1. The molecule has 118 valence electrons. The van der Waals surface area contributed by atoms with E-state index in [1.54, 1.807) is 0 Å². The first kappa shape index (κ1) is 14.1. The number of fused-ring (bicyclic) bond motifs is 3. The minimum Gasteiger partial charge on any atom is -0.370 e. The molecule has 4 nitrogen and oxygen atoms in total. The Morgan fingerprint density at radius 2 is 2.27 bits per heavy atom. The zero-order valence-electron chi connectivity index (χ0n) is 13.3. The number of nitrogens with zero attached hydrogens (tertiary/aromatic N) is 2. The summed E-state index contributed by atoms with van der Waals surface area (Å²) < 4.78 is 0. The summed E-state index contributed by atoms with van der Waals surface area (Å²) in [5.41, 5.74) is 9.17. The molecule has 1 aliphatic heterocycles. The Bertz CT molecular complexity index is 582. The van der Waals surface area contributed by atoms with E-state index in [0.717, 1.165) is 19.0 Å². The minimum absolute atomic E-state index is 0.504. The van der Waals surface area contributed by atoms with Crippen molar-refractivity contribution in [2.45, 2.75) is 44.2 Å². The monoisotopic (exact) mass is 298 g/mol. The second-order valence-corrected chi connectivity index (χ2v) is 6.91. The number of nitrogens with two attached hydrogens (primary N) is 1. The summed E-state index contributed by atoms with van der Waals surface area (Å²) in [6.45, 7) is 5.41. The molecule has 1 saturated heterocycles. The van der Waals surface area contributed by atoms with Gasteiger partial charge in [-0.15, -0.1) is 0 Å². The molecule has 4 atom stereocenters. The van der Waals surface area contributed by atoms with Gasteiger partial charge in [0.15, 0.2) is 5.96 Å². The summed E-state index contributed by atoms with van der Waals surface area (Å²) in [6, 6.07) is 9.91. The van der Waals surface area contributed by atoms with Crippen molar-refractivity contribution in [1.82, 2.24) is 10.2 Å². The fraction of sp³-hybridized carbons (Fsp3) is 0.611. The molecule has 0 amide bonds. The molecule has 1 heterocycles. The maximum atomic E-state index is 6.12. The molecular weight excluding hydrogens is 272 g/mol. The standard InChI is InChI=1S/C18H26N4/c1-2-22-9-5-7-13(22)11-20-18(19)21-17-15-10-12-6-3-4-8-14(12)16(15)17/h3-4,6,8,13,15-17H,2,5,7,9-11H2,1H3,(H3,19,20,21). The van der Waals surface area contributed by atoms with Crippen molar-refractivity contribution in [3.05, 3.63) is 35.4 Å². The molecule has 1 aromatic carbocycles. The summed E-state index contributed by atoms with van der Waals surface area (Å²) in [6.07, 6.45) is 3.75. The summed E-state index contributed by atoms with van der Waals surface area (Å²) in [7, 11) is 0. The lowest BCUT2D eigenvalue weighted by molar-refractivity contribution is 0.273. The molecule has 3 N–H and O–H groups in total. The Morgan fingerprint density at radius 3 is 3.14 bits per heavy atom. The molecule has 22 heavy (non-hydrogen) atoms. The maximum Gasteiger partial charge on any atom is 0.188 e. The van der Waals surface area contributed by atoms with Gasteiger partial charge in [0.05, 0.1) is 6.54 Å². The first-order chi connectivity index (χ1) is 10.8. The van der Waals surface area contributed by atoms with Gasteiger partial charge in [-0.05, 0) is 49.4 Å². The molecule has 2 aliphatic carbocycles. The smallest absolute Gasteiger partial charge is 0.188 e. The van der Waals surface area contributed by atoms with Gasteiger partial charge in [0.1, 0.15) is 0 Å². The SMILES string of the molecule is CCN1CCCC1CN=C(N)NC1C2Cc3ccccc3C21. The van der Waals surface area contributed by atoms with Crippen LogP contribution < -0.4 is 11.1 Å². The second kappa shape index (κ2) is 5.58. The van der Waals surface area contributed by atoms with E-state index in [2.05, 4.69) is 46.4 Å². The van der Waals surface area contributed by atoms with Gasteiger partial charge in [0.25, 0.3) is 0 Å². The largest absolute Gasteiger partial charge is 0.370 e. The molecule has 4 heteroatoms. The third kappa shape index (κ3) is 2.39. The van der Waals surface area contributed by atoms with E-state index >= 15 is 0 Å². The van der Waals surface area contributed by atoms with Crippen LogP contribution in [0.4, 0.5) is 0 Å². The third-order valence-electron chi connectivity index (χ3n) is 5.73. The van der Waals surface area contributed by atoms with E-state index in [4.69, 9.17) is 5.73 Å². The van der Waals surface area contributed by atoms with Gasteiger partial charge in [-0.3, -0.25) is 9.89 Å². The van der Waals surface area contributed by atoms with Crippen molar-refractivity contribution in [2.75, 3.05) is 19.6 Å². The Kier molecular flexibility index (Phi) is 3.57. The molecular formula is C18H26N4. The highest BCUT2D eigenvalue weighted by molar-refractivity contribution is 5.79. The highest BCUT2D eigenvalue weighted by Crippen LogP contribution is 2.56. The van der Waals surface area contributed by atoms with Crippen LogP contribution in [-0.4, -0.2) is 42.6 Å². The van der Waals surface area contributed by atoms with E-state index in [-0.39, 0.29) is 0 Å². The Hall–Kier alpha value is -1.55. The predicted molar refractivity (Wildman–Crippen MR) is 90.1 cm³/mol. The quantitative estimate of drug-likeness (QED) is 0.657. The van der Waals surface area contributed by atoms with Crippen molar-refractivity contribution in [3.63, 3.8) is 0 Å². The maximum absolute atomic E-state index is 6.12. The zero-order valence-corrected chi connectivity index (χ0v) is 13.3. The van der Waals surface area contributed by atoms with E-state index in [0.29, 0.717) is 24.0 Å². The van der Waals surface area contributed by atoms with Crippen molar-refractivity contribution in [1.29, 1.82) is 0 Å². The van der Waals surface area contributed by atoms with E-state index in [9.17, 15) is 0 Å². The normalized spacial score (nSPS) is 33.6. The van der Waals surface area contributed by atoms with Crippen molar-refractivity contribution >= 4 is 5.96 Å². The lowest BCUT2D eigenvalue weighted by Crippen LogP contribution is -2.37. The number of aliphatic imine (C=N–C) groups is 1. The number of likely N-dealkylation sites (tertiary alicyclic amines) is 1. The molecule has 1 saturated carbocycles. The second-order valence-electron chi connectivity index (χ2n) is 6.91. The molecule has 2 fully saturated rings. The Balaban J connectivity index is 1.33. The van der Waals surface area contributed by atoms with Crippen LogP contribution in [0.5, 0.6) is 0 Å². The lowest BCUT2D eigenvalue weighted by Gasteiger charge is -2.21. The first-order valence-electron chi connectivity index (χ1n) is 8.66. The van der Waals surface area contributed by atoms with Crippen LogP contribution in [-0.2, 0) is 6.42 Å². The van der Waals surface area contributed by atoms with Crippen LogP contribution in [0, 0.1) is 5.92 Å². The van der Waals surface area contributed by atoms with Crippen LogP contribution in [0.2, 0.25) is 0 Å². The highest BCUT2D eigenvalue weighted by Gasteiger charge is 2.55. The van der Waals surface area contributed by atoms with Crippen molar-refractivity contribution < 1.29 is 0 Å². The number of nitrogens with one attached hydrogen (secondary N) is 1. The van der Waals surface area contributed by atoms with Crippen LogP contribution in [0.25, 0.3) is 0 Å². The van der Waals surface area contributed by atoms with Gasteiger partial charge in [-0.25, -0.2) is 0 Å². The lowest BCUT2D eigenvalue weighted by atomic mass is 10.1. The van der Waals surface area contributed by atoms with Gasteiger partial charge in [0, 0.05) is 18.0 Å². The Labute approximate surface area is 132 Å². The number of guanidine groups is 1. The number of likely N-dealkylation sites (N-methyl/N-ethyl adjacent to an activating group) is 1. The molecule has 0 aromatic heterocycles. The van der Waals surface area contributed by atoms with E-state index in [1.807, 2.05) is 0 Å². The molecule has 1 aromatic rings. The fourth-order valence-corrected chi connectivity index (χ4v) is 4.49. The molecule has 3 aliphatic rings. The molecule has 0 radical (unpaired) electrons. The first-order valence-corrected chi connectivity index (χ1v) is 8.66. The highest BCUT2D eigenvalue weighted by atomic mass is 15.2.